The standard InChI is InChI=1S/C12H16S2/c1-9-5-7-10(8-6-9)11(13)14-12(2,3)4/h5-8H,1-4H3. The van der Waals surface area contributed by atoms with E-state index >= 15 is 0 Å². The summed E-state index contributed by atoms with van der Waals surface area (Å²) in [5.41, 5.74) is 2.43. The molecule has 0 spiro atoms. The summed E-state index contributed by atoms with van der Waals surface area (Å²) in [6, 6.07) is 8.39. The highest BCUT2D eigenvalue weighted by molar-refractivity contribution is 8.24. The summed E-state index contributed by atoms with van der Waals surface area (Å²) >= 11 is 7.12. The van der Waals surface area contributed by atoms with Gasteiger partial charge >= 0.3 is 0 Å². The summed E-state index contributed by atoms with van der Waals surface area (Å²) in [7, 11) is 0. The van der Waals surface area contributed by atoms with E-state index in [1.807, 2.05) is 0 Å². The first-order valence-electron chi connectivity index (χ1n) is 4.68. The summed E-state index contributed by atoms with van der Waals surface area (Å²) in [4.78, 5) is 0. The summed E-state index contributed by atoms with van der Waals surface area (Å²) in [5, 5.41) is 0. The van der Waals surface area contributed by atoms with Crippen molar-refractivity contribution in [2.24, 2.45) is 0 Å². The molecular weight excluding hydrogens is 208 g/mol. The van der Waals surface area contributed by atoms with E-state index < -0.39 is 0 Å². The minimum atomic E-state index is 0.196. The van der Waals surface area contributed by atoms with Gasteiger partial charge in [0.15, 0.2) is 0 Å². The molecule has 0 heterocycles. The van der Waals surface area contributed by atoms with Crippen molar-refractivity contribution < 1.29 is 0 Å². The second-order valence-corrected chi connectivity index (χ2v) is 6.87. The molecular formula is C12H16S2. The Morgan fingerprint density at radius 3 is 2.07 bits per heavy atom. The summed E-state index contributed by atoms with van der Waals surface area (Å²) in [6.07, 6.45) is 0. The maximum absolute atomic E-state index is 5.37. The van der Waals surface area contributed by atoms with Crippen LogP contribution in [0.2, 0.25) is 0 Å². The van der Waals surface area contributed by atoms with E-state index in [1.54, 1.807) is 11.8 Å². The van der Waals surface area contributed by atoms with Crippen molar-refractivity contribution in [3.63, 3.8) is 0 Å². The normalized spacial score (nSPS) is 11.4. The summed E-state index contributed by atoms with van der Waals surface area (Å²) in [5.74, 6) is 0. The second kappa shape index (κ2) is 4.45. The fourth-order valence-electron chi connectivity index (χ4n) is 1.03. The first kappa shape index (κ1) is 11.7. The maximum Gasteiger partial charge on any atom is 0.0783 e. The van der Waals surface area contributed by atoms with Gasteiger partial charge in [-0.3, -0.25) is 0 Å². The van der Waals surface area contributed by atoms with Gasteiger partial charge in [0.1, 0.15) is 0 Å². The molecule has 0 bridgehead atoms. The molecule has 0 fully saturated rings. The van der Waals surface area contributed by atoms with Crippen molar-refractivity contribution in [2.75, 3.05) is 0 Å². The van der Waals surface area contributed by atoms with Crippen LogP contribution in [0.5, 0.6) is 0 Å². The zero-order chi connectivity index (χ0) is 10.8. The third kappa shape index (κ3) is 3.81. The Kier molecular flexibility index (Phi) is 3.73. The van der Waals surface area contributed by atoms with Gasteiger partial charge in [-0.05, 0) is 12.5 Å². The monoisotopic (exact) mass is 224 g/mol. The molecule has 76 valence electrons. The van der Waals surface area contributed by atoms with Crippen LogP contribution in [0.25, 0.3) is 0 Å². The van der Waals surface area contributed by atoms with E-state index in [0.29, 0.717) is 0 Å². The van der Waals surface area contributed by atoms with Crippen LogP contribution < -0.4 is 0 Å². The van der Waals surface area contributed by atoms with E-state index in [9.17, 15) is 0 Å². The lowest BCUT2D eigenvalue weighted by atomic mass is 10.2. The van der Waals surface area contributed by atoms with Crippen molar-refractivity contribution in [1.29, 1.82) is 0 Å². The third-order valence-corrected chi connectivity index (χ3v) is 3.21. The van der Waals surface area contributed by atoms with Crippen LogP contribution in [0.4, 0.5) is 0 Å². The first-order valence-corrected chi connectivity index (χ1v) is 5.91. The predicted octanol–water partition coefficient (Wildman–Crippen LogP) is 4.20. The SMILES string of the molecule is Cc1ccc(C(=S)SC(C)(C)C)cc1. The van der Waals surface area contributed by atoms with Gasteiger partial charge in [0, 0.05) is 4.75 Å². The molecule has 0 amide bonds. The van der Waals surface area contributed by atoms with Gasteiger partial charge < -0.3 is 0 Å². The average molecular weight is 224 g/mol. The molecule has 2 heteroatoms. The molecule has 1 aromatic carbocycles. The number of aryl methyl sites for hydroxylation is 1. The molecule has 0 atom stereocenters. The van der Waals surface area contributed by atoms with Gasteiger partial charge in [-0.25, -0.2) is 0 Å². The molecule has 0 aromatic heterocycles. The predicted molar refractivity (Wildman–Crippen MR) is 70.2 cm³/mol. The molecule has 0 saturated heterocycles. The van der Waals surface area contributed by atoms with Crippen molar-refractivity contribution >= 4 is 28.2 Å². The van der Waals surface area contributed by atoms with Crippen LogP contribution in [0.15, 0.2) is 24.3 Å². The lowest BCUT2D eigenvalue weighted by Gasteiger charge is -2.17. The molecule has 1 aromatic rings. The minimum Gasteiger partial charge on any atom is -0.108 e. The fraction of sp³-hybridized carbons (Fsp3) is 0.417. The smallest absolute Gasteiger partial charge is 0.0783 e. The lowest BCUT2D eigenvalue weighted by Crippen LogP contribution is -2.11. The van der Waals surface area contributed by atoms with Gasteiger partial charge in [-0.2, -0.15) is 0 Å². The largest absolute Gasteiger partial charge is 0.108 e. The Labute approximate surface area is 96.1 Å². The van der Waals surface area contributed by atoms with Crippen molar-refractivity contribution in [1.82, 2.24) is 0 Å². The molecule has 0 aliphatic rings. The fourth-order valence-corrected chi connectivity index (χ4v) is 2.72. The van der Waals surface area contributed by atoms with E-state index in [1.165, 1.54) is 5.56 Å². The molecule has 0 nitrogen and oxygen atoms in total. The van der Waals surface area contributed by atoms with Crippen molar-refractivity contribution in [2.45, 2.75) is 32.4 Å². The highest BCUT2D eigenvalue weighted by Gasteiger charge is 2.14. The molecule has 0 aliphatic heterocycles. The maximum atomic E-state index is 5.37. The third-order valence-electron chi connectivity index (χ3n) is 1.69. The van der Waals surface area contributed by atoms with Crippen LogP contribution in [0.3, 0.4) is 0 Å². The molecule has 14 heavy (non-hydrogen) atoms. The van der Waals surface area contributed by atoms with Crippen LogP contribution in [-0.2, 0) is 0 Å². The number of thioether (sulfide) groups is 1. The molecule has 1 rings (SSSR count). The highest BCUT2D eigenvalue weighted by atomic mass is 32.2. The summed E-state index contributed by atoms with van der Waals surface area (Å²) in [6.45, 7) is 8.62. The Morgan fingerprint density at radius 1 is 1.14 bits per heavy atom. The van der Waals surface area contributed by atoms with Gasteiger partial charge in [-0.1, -0.05) is 62.8 Å². The number of thiocarbonyl (C=S) groups is 1. The zero-order valence-electron chi connectivity index (χ0n) is 9.13. The Morgan fingerprint density at radius 2 is 1.64 bits per heavy atom. The van der Waals surface area contributed by atoms with Crippen LogP contribution in [0.1, 0.15) is 31.9 Å². The number of hydrogen-bond donors (Lipinski definition) is 0. The number of rotatable bonds is 1. The van der Waals surface area contributed by atoms with E-state index in [0.717, 1.165) is 9.76 Å². The highest BCUT2D eigenvalue weighted by Crippen LogP contribution is 2.28. The van der Waals surface area contributed by atoms with Crippen molar-refractivity contribution in [3.05, 3.63) is 35.4 Å². The molecule has 0 saturated carbocycles. The van der Waals surface area contributed by atoms with Crippen LogP contribution in [0, 0.1) is 6.92 Å². The molecule has 0 unspecified atom stereocenters. The Bertz CT molecular complexity index is 317. The number of hydrogen-bond acceptors (Lipinski definition) is 2. The molecule has 0 radical (unpaired) electrons. The first-order chi connectivity index (χ1) is 6.38. The average Bonchev–Trinajstić information content (AvgIpc) is 2.02. The van der Waals surface area contributed by atoms with E-state index in [4.69, 9.17) is 12.2 Å². The van der Waals surface area contributed by atoms with Gasteiger partial charge in [-0.15, -0.1) is 11.8 Å². The zero-order valence-corrected chi connectivity index (χ0v) is 10.8. The summed E-state index contributed by atoms with van der Waals surface area (Å²) < 4.78 is 1.18. The van der Waals surface area contributed by atoms with E-state index in [-0.39, 0.29) is 4.75 Å². The van der Waals surface area contributed by atoms with Crippen molar-refractivity contribution in [3.8, 4) is 0 Å². The van der Waals surface area contributed by atoms with Gasteiger partial charge in [0.25, 0.3) is 0 Å². The Hall–Kier alpha value is -0.340. The van der Waals surface area contributed by atoms with Crippen LogP contribution in [-0.4, -0.2) is 8.94 Å². The quantitative estimate of drug-likeness (QED) is 0.656. The second-order valence-electron chi connectivity index (χ2n) is 4.37. The topological polar surface area (TPSA) is 0 Å². The van der Waals surface area contributed by atoms with Gasteiger partial charge in [0.2, 0.25) is 0 Å². The van der Waals surface area contributed by atoms with Gasteiger partial charge in [0.05, 0.1) is 4.20 Å². The van der Waals surface area contributed by atoms with Crippen LogP contribution >= 0.6 is 24.0 Å². The number of benzene rings is 1. The minimum absolute atomic E-state index is 0.196. The molecule has 0 aliphatic carbocycles. The lowest BCUT2D eigenvalue weighted by molar-refractivity contribution is 0.809. The Balaban J connectivity index is 2.76. The van der Waals surface area contributed by atoms with E-state index in [2.05, 4.69) is 52.0 Å². The molecule has 0 N–H and O–H groups in total.